The first-order chi connectivity index (χ1) is 34.0. The van der Waals surface area contributed by atoms with E-state index in [2.05, 4.69) is 62.0 Å². The number of hydrogen-bond donors (Lipinski definition) is 0. The van der Waals surface area contributed by atoms with E-state index in [9.17, 15) is 0 Å². The molecule has 0 aliphatic heterocycles. The third-order valence-electron chi connectivity index (χ3n) is 11.1. The van der Waals surface area contributed by atoms with Crippen LogP contribution in [0, 0.1) is 6.33 Å². The Morgan fingerprint density at radius 2 is 1.25 bits per heavy atom. The number of pyridine rings is 1. The Balaban J connectivity index is 1.14. The van der Waals surface area contributed by atoms with Gasteiger partial charge in [-0.2, -0.15) is 0 Å². The molecule has 0 bridgehead atoms. The molecule has 0 radical (unpaired) electrons. The van der Waals surface area contributed by atoms with Crippen LogP contribution in [0.1, 0.15) is 40.0 Å². The van der Waals surface area contributed by atoms with E-state index >= 15 is 0 Å². The van der Waals surface area contributed by atoms with Gasteiger partial charge in [0.05, 0.1) is 47.1 Å². The smallest absolute Gasteiger partial charge is 0.269 e. The SMILES string of the molecule is [2H]c1c([2H])c([2H])c(-c2cccc(-c3c([2H])c([2H])c([2H])c([2H])c3[2H])c2-[n+]2[c-]n(-c3cc(Oc4ccc5c6ccccc6n(-c6cc(C(C)(C)C)ccn6)c5c4)cc4ccccc34)c3ccccc32)c([2H])c1[2H]. The van der Waals surface area contributed by atoms with Gasteiger partial charge >= 0.3 is 0 Å². The molecule has 0 atom stereocenters. The van der Waals surface area contributed by atoms with Crippen LogP contribution < -0.4 is 9.30 Å². The number of rotatable bonds is 7. The van der Waals surface area contributed by atoms with Gasteiger partial charge in [0.15, 0.2) is 0 Å². The van der Waals surface area contributed by atoms with Crippen molar-refractivity contribution in [2.45, 2.75) is 26.2 Å². The molecule has 0 saturated heterocycles. The number of benzene rings is 8. The van der Waals surface area contributed by atoms with Gasteiger partial charge in [-0.15, -0.1) is 0 Å². The van der Waals surface area contributed by atoms with Crippen LogP contribution in [0.25, 0.3) is 83.1 Å². The highest BCUT2D eigenvalue weighted by Crippen LogP contribution is 2.39. The topological polar surface area (TPSA) is 35.9 Å². The third kappa shape index (κ3) is 6.34. The maximum atomic E-state index is 9.08. The molecule has 0 aliphatic rings. The first kappa shape index (κ1) is 27.1. The van der Waals surface area contributed by atoms with Crippen LogP contribution >= 0.6 is 0 Å². The van der Waals surface area contributed by atoms with E-state index in [1.807, 2.05) is 95.7 Å². The number of ether oxygens (including phenoxy) is 1. The zero-order chi connectivity index (χ0) is 49.8. The minimum absolute atomic E-state index is 0.0966. The molecule has 0 saturated carbocycles. The van der Waals surface area contributed by atoms with Crippen LogP contribution in [0.15, 0.2) is 200 Å². The van der Waals surface area contributed by atoms with Gasteiger partial charge in [-0.3, -0.25) is 13.7 Å². The molecule has 11 aromatic rings. The fraction of sp³-hybridized carbons (Fsp3) is 0.0714. The number of aromatic nitrogens is 4. The van der Waals surface area contributed by atoms with Crippen molar-refractivity contribution in [3.63, 3.8) is 0 Å². The summed E-state index contributed by atoms with van der Waals surface area (Å²) in [5.74, 6) is 1.90. The largest absolute Gasteiger partial charge is 0.458 e. The highest BCUT2D eigenvalue weighted by molar-refractivity contribution is 6.09. The average Bonchev–Trinajstić information content (AvgIpc) is 3.92. The number of fused-ring (bicyclic) bond motifs is 5. The lowest BCUT2D eigenvalue weighted by Crippen LogP contribution is -2.31. The predicted octanol–water partition coefficient (Wildman–Crippen LogP) is 13.8. The number of hydrogen-bond acceptors (Lipinski definition) is 2. The zero-order valence-electron chi connectivity index (χ0n) is 43.5. The first-order valence-corrected chi connectivity index (χ1v) is 20.0. The Labute approximate surface area is 369 Å². The van der Waals surface area contributed by atoms with Gasteiger partial charge in [-0.25, -0.2) is 4.98 Å². The Kier molecular flexibility index (Phi) is 6.44. The molecule has 11 rings (SSSR count). The monoisotopic (exact) mass is 796 g/mol. The quantitative estimate of drug-likeness (QED) is 0.119. The normalized spacial score (nSPS) is 14.1. The molecule has 0 unspecified atom stereocenters. The summed E-state index contributed by atoms with van der Waals surface area (Å²) in [7, 11) is 0. The zero-order valence-corrected chi connectivity index (χ0v) is 33.5. The first-order valence-electron chi connectivity index (χ1n) is 25.0. The second-order valence-electron chi connectivity index (χ2n) is 15.9. The van der Waals surface area contributed by atoms with Gasteiger partial charge < -0.3 is 4.74 Å². The second kappa shape index (κ2) is 14.5. The number of nitrogens with zero attached hydrogens (tertiary/aromatic N) is 4. The highest BCUT2D eigenvalue weighted by atomic mass is 16.5. The number of para-hydroxylation sites is 4. The van der Waals surface area contributed by atoms with Crippen LogP contribution in [0.5, 0.6) is 11.5 Å². The van der Waals surface area contributed by atoms with Crippen molar-refractivity contribution in [1.82, 2.24) is 14.1 Å². The summed E-state index contributed by atoms with van der Waals surface area (Å²) < 4.78 is 100. The highest BCUT2D eigenvalue weighted by Gasteiger charge is 2.22. The summed E-state index contributed by atoms with van der Waals surface area (Å²) in [5.41, 5.74) is 5.09. The molecule has 61 heavy (non-hydrogen) atoms. The van der Waals surface area contributed by atoms with Crippen molar-refractivity contribution in [1.29, 1.82) is 0 Å². The van der Waals surface area contributed by atoms with Gasteiger partial charge in [0.25, 0.3) is 6.33 Å². The molecule has 292 valence electrons. The van der Waals surface area contributed by atoms with Crippen LogP contribution in [-0.4, -0.2) is 14.1 Å². The van der Waals surface area contributed by atoms with E-state index in [1.54, 1.807) is 22.8 Å². The minimum Gasteiger partial charge on any atom is -0.458 e. The van der Waals surface area contributed by atoms with E-state index < -0.39 is 60.4 Å². The molecule has 0 amide bonds. The van der Waals surface area contributed by atoms with E-state index in [0.717, 1.165) is 44.0 Å². The lowest BCUT2D eigenvalue weighted by molar-refractivity contribution is -0.571. The Morgan fingerprint density at radius 3 is 1.98 bits per heavy atom. The fourth-order valence-corrected chi connectivity index (χ4v) is 8.27. The van der Waals surface area contributed by atoms with Gasteiger partial charge in [-0.05, 0) is 86.5 Å². The summed E-state index contributed by atoms with van der Waals surface area (Å²) in [6, 6.07) is 37.3. The van der Waals surface area contributed by atoms with Crippen molar-refractivity contribution in [2.24, 2.45) is 0 Å². The standard InChI is InChI=1S/C56H42N4O/c1-56(2,3)41-31-32-57-54(34-41)60-49-26-13-12-23-47(49)48-30-29-42(35-53(48)60)61-43-33-40-21-10-11-22-44(40)52(36-43)58-37-59(51-28-15-14-27-50(51)58)55-45(38-17-6-4-7-18-38)24-16-25-46(55)39-19-8-5-9-20-39/h4-36H,1-3H3/i4D,5D,6D,7D,8D,9D,17D,18D,19D,20D. The van der Waals surface area contributed by atoms with Gasteiger partial charge in [0.1, 0.15) is 17.3 Å². The average molecular weight is 797 g/mol. The third-order valence-corrected chi connectivity index (χ3v) is 11.1. The molecular weight excluding hydrogens is 745 g/mol. The van der Waals surface area contributed by atoms with Crippen LogP contribution in [0.3, 0.4) is 0 Å². The van der Waals surface area contributed by atoms with Crippen LogP contribution in [-0.2, 0) is 5.41 Å². The Morgan fingerprint density at radius 1 is 0.590 bits per heavy atom. The molecule has 5 nitrogen and oxygen atoms in total. The van der Waals surface area contributed by atoms with E-state index in [1.165, 1.54) is 0 Å². The summed E-state index contributed by atoms with van der Waals surface area (Å²) >= 11 is 0. The number of imidazole rings is 1. The summed E-state index contributed by atoms with van der Waals surface area (Å²) in [5, 5.41) is 3.82. The molecule has 0 aliphatic carbocycles. The minimum atomic E-state index is -0.568. The molecule has 0 spiro atoms. The van der Waals surface area contributed by atoms with Crippen molar-refractivity contribution in [3.05, 3.63) is 212 Å². The molecule has 0 N–H and O–H groups in total. The summed E-state index contributed by atoms with van der Waals surface area (Å²) in [6.45, 7) is 6.54. The lowest BCUT2D eigenvalue weighted by atomic mass is 9.88. The van der Waals surface area contributed by atoms with E-state index in [4.69, 9.17) is 23.4 Å². The van der Waals surface area contributed by atoms with E-state index in [0.29, 0.717) is 28.2 Å². The lowest BCUT2D eigenvalue weighted by Gasteiger charge is -2.20. The van der Waals surface area contributed by atoms with Crippen molar-refractivity contribution >= 4 is 43.6 Å². The second-order valence-corrected chi connectivity index (χ2v) is 15.9. The van der Waals surface area contributed by atoms with Gasteiger partial charge in [0, 0.05) is 23.0 Å². The maximum Gasteiger partial charge on any atom is 0.269 e. The fourth-order valence-electron chi connectivity index (χ4n) is 8.27. The molecule has 8 aromatic carbocycles. The van der Waals surface area contributed by atoms with Crippen molar-refractivity contribution in [2.75, 3.05) is 0 Å². The predicted molar refractivity (Wildman–Crippen MR) is 249 cm³/mol. The van der Waals surface area contributed by atoms with Crippen LogP contribution in [0.2, 0.25) is 0 Å². The molecule has 5 heteroatoms. The molecule has 3 aromatic heterocycles. The Bertz CT molecular complexity index is 3900. The van der Waals surface area contributed by atoms with Gasteiger partial charge in [-0.1, -0.05) is 166 Å². The van der Waals surface area contributed by atoms with Crippen molar-refractivity contribution < 1.29 is 23.0 Å². The summed E-state index contributed by atoms with van der Waals surface area (Å²) in [6.07, 6.45) is 5.38. The Hall–Kier alpha value is -7.76. The van der Waals surface area contributed by atoms with Crippen LogP contribution in [0.4, 0.5) is 0 Å². The van der Waals surface area contributed by atoms with E-state index in [-0.39, 0.29) is 33.4 Å². The van der Waals surface area contributed by atoms with Gasteiger partial charge in [0.2, 0.25) is 0 Å². The maximum absolute atomic E-state index is 9.08. The van der Waals surface area contributed by atoms with Crippen molar-refractivity contribution in [3.8, 4) is 50.9 Å². The molecular formula is C56H42N4O. The molecule has 3 heterocycles. The summed E-state index contributed by atoms with van der Waals surface area (Å²) in [4.78, 5) is 4.85. The molecule has 0 fully saturated rings.